The van der Waals surface area contributed by atoms with Gasteiger partial charge in [-0.15, -0.1) is 0 Å². The molecule has 0 bridgehead atoms. The zero-order chi connectivity index (χ0) is 15.9. The molecule has 0 aliphatic carbocycles. The van der Waals surface area contributed by atoms with Gasteiger partial charge in [-0.05, 0) is 30.5 Å². The normalized spacial score (nSPS) is 11.2. The summed E-state index contributed by atoms with van der Waals surface area (Å²) in [5.74, 6) is 0.956. The van der Waals surface area contributed by atoms with E-state index in [1.807, 2.05) is 18.2 Å². The molecule has 120 valence electrons. The van der Waals surface area contributed by atoms with Crippen molar-refractivity contribution in [2.45, 2.75) is 51.9 Å². The van der Waals surface area contributed by atoms with E-state index in [1.54, 1.807) is 0 Å². The summed E-state index contributed by atoms with van der Waals surface area (Å²) in [4.78, 5) is 8.05. The van der Waals surface area contributed by atoms with Crippen LogP contribution in [0, 0.1) is 0 Å². The van der Waals surface area contributed by atoms with Crippen LogP contribution in [0.1, 0.15) is 51.0 Å². The maximum Gasteiger partial charge on any atom is 0.138 e. The fraction of sp³-hybridized carbons (Fsp3) is 0.381. The van der Waals surface area contributed by atoms with Gasteiger partial charge in [0.15, 0.2) is 0 Å². The molecule has 0 aliphatic heterocycles. The monoisotopic (exact) mass is 306 g/mol. The number of H-pyrrole nitrogens is 1. The van der Waals surface area contributed by atoms with E-state index < -0.39 is 0 Å². The molecule has 0 amide bonds. The van der Waals surface area contributed by atoms with Crippen LogP contribution >= 0.6 is 0 Å². The topological polar surface area (TPSA) is 28.7 Å². The van der Waals surface area contributed by atoms with Crippen molar-refractivity contribution in [2.75, 3.05) is 0 Å². The maximum absolute atomic E-state index is 4.66. The Morgan fingerprint density at radius 2 is 1.57 bits per heavy atom. The number of aromatic nitrogens is 2. The van der Waals surface area contributed by atoms with E-state index in [1.165, 1.54) is 50.5 Å². The third-order valence-corrected chi connectivity index (χ3v) is 4.44. The summed E-state index contributed by atoms with van der Waals surface area (Å²) >= 11 is 0. The highest BCUT2D eigenvalue weighted by atomic mass is 14.9. The molecule has 0 radical (unpaired) electrons. The molecule has 0 atom stereocenters. The van der Waals surface area contributed by atoms with Crippen molar-refractivity contribution in [1.82, 2.24) is 9.97 Å². The first-order valence-electron chi connectivity index (χ1n) is 8.91. The standard InChI is InChI=1S/C21H26N2/c1-2-3-4-5-6-7-10-17-13-15-18(16-14-17)21-22-19-11-8-9-12-20(19)23-21/h8-9,11-16H,2-7,10H2,1H3,(H,22,23). The van der Waals surface area contributed by atoms with Crippen molar-refractivity contribution < 1.29 is 0 Å². The van der Waals surface area contributed by atoms with Gasteiger partial charge in [-0.3, -0.25) is 0 Å². The number of nitrogens with one attached hydrogen (secondary N) is 1. The maximum atomic E-state index is 4.66. The molecule has 2 heteroatoms. The van der Waals surface area contributed by atoms with Gasteiger partial charge in [-0.2, -0.15) is 0 Å². The molecule has 0 saturated carbocycles. The third kappa shape index (κ3) is 4.22. The minimum atomic E-state index is 0.956. The van der Waals surface area contributed by atoms with Crippen molar-refractivity contribution >= 4 is 11.0 Å². The second-order valence-electron chi connectivity index (χ2n) is 6.32. The number of para-hydroxylation sites is 2. The number of imidazole rings is 1. The van der Waals surface area contributed by atoms with Crippen molar-refractivity contribution in [1.29, 1.82) is 0 Å². The van der Waals surface area contributed by atoms with E-state index in [2.05, 4.69) is 47.2 Å². The highest BCUT2D eigenvalue weighted by molar-refractivity contribution is 5.79. The first-order valence-corrected chi connectivity index (χ1v) is 8.91. The van der Waals surface area contributed by atoms with Crippen molar-refractivity contribution in [3.8, 4) is 11.4 Å². The third-order valence-electron chi connectivity index (χ3n) is 4.44. The Hall–Kier alpha value is -2.09. The highest BCUT2D eigenvalue weighted by Gasteiger charge is 2.04. The summed E-state index contributed by atoms with van der Waals surface area (Å²) in [7, 11) is 0. The molecule has 3 aromatic rings. The van der Waals surface area contributed by atoms with Gasteiger partial charge in [-0.25, -0.2) is 4.98 Å². The molecule has 0 unspecified atom stereocenters. The van der Waals surface area contributed by atoms with E-state index in [0.29, 0.717) is 0 Å². The van der Waals surface area contributed by atoms with Gasteiger partial charge in [0.25, 0.3) is 0 Å². The lowest BCUT2D eigenvalue weighted by Gasteiger charge is -2.03. The summed E-state index contributed by atoms with van der Waals surface area (Å²) < 4.78 is 0. The minimum absolute atomic E-state index is 0.956. The number of aryl methyl sites for hydroxylation is 1. The zero-order valence-corrected chi connectivity index (χ0v) is 14.0. The first kappa shape index (κ1) is 15.8. The van der Waals surface area contributed by atoms with Crippen molar-refractivity contribution in [3.63, 3.8) is 0 Å². The number of fused-ring (bicyclic) bond motifs is 1. The van der Waals surface area contributed by atoms with E-state index in [4.69, 9.17) is 0 Å². The van der Waals surface area contributed by atoms with Gasteiger partial charge in [0.2, 0.25) is 0 Å². The summed E-state index contributed by atoms with van der Waals surface area (Å²) in [5.41, 5.74) is 4.71. The number of aromatic amines is 1. The van der Waals surface area contributed by atoms with Crippen LogP contribution in [0.2, 0.25) is 0 Å². The predicted octanol–water partition coefficient (Wildman–Crippen LogP) is 6.13. The minimum Gasteiger partial charge on any atom is -0.338 e. The summed E-state index contributed by atoms with van der Waals surface area (Å²) in [6.45, 7) is 2.27. The molecular weight excluding hydrogens is 280 g/mol. The average Bonchev–Trinajstić information content (AvgIpc) is 3.02. The van der Waals surface area contributed by atoms with Crippen LogP contribution in [0.25, 0.3) is 22.4 Å². The number of benzene rings is 2. The smallest absolute Gasteiger partial charge is 0.138 e. The van der Waals surface area contributed by atoms with Crippen molar-refractivity contribution in [2.24, 2.45) is 0 Å². The largest absolute Gasteiger partial charge is 0.338 e. The number of unbranched alkanes of at least 4 members (excludes halogenated alkanes) is 5. The zero-order valence-electron chi connectivity index (χ0n) is 14.0. The Balaban J connectivity index is 1.56. The SMILES string of the molecule is CCCCCCCCc1ccc(-c2nc3ccccc3[nH]2)cc1. The Morgan fingerprint density at radius 3 is 2.35 bits per heavy atom. The van der Waals surface area contributed by atoms with Crippen LogP contribution in [0.5, 0.6) is 0 Å². The number of rotatable bonds is 8. The highest BCUT2D eigenvalue weighted by Crippen LogP contribution is 2.21. The molecule has 0 saturated heterocycles. The molecule has 3 rings (SSSR count). The van der Waals surface area contributed by atoms with Crippen LogP contribution in [-0.4, -0.2) is 9.97 Å². The Bertz CT molecular complexity index is 692. The van der Waals surface area contributed by atoms with Crippen LogP contribution in [-0.2, 0) is 6.42 Å². The van der Waals surface area contributed by atoms with Crippen LogP contribution in [0.15, 0.2) is 48.5 Å². The number of nitrogens with zero attached hydrogens (tertiary/aromatic N) is 1. The summed E-state index contributed by atoms with van der Waals surface area (Å²) in [6, 6.07) is 17.0. The fourth-order valence-electron chi connectivity index (χ4n) is 3.03. The van der Waals surface area contributed by atoms with Gasteiger partial charge < -0.3 is 4.98 Å². The van der Waals surface area contributed by atoms with E-state index in [-0.39, 0.29) is 0 Å². The molecule has 23 heavy (non-hydrogen) atoms. The van der Waals surface area contributed by atoms with Crippen molar-refractivity contribution in [3.05, 3.63) is 54.1 Å². The van der Waals surface area contributed by atoms with Gasteiger partial charge in [0.1, 0.15) is 5.82 Å². The van der Waals surface area contributed by atoms with E-state index >= 15 is 0 Å². The lowest BCUT2D eigenvalue weighted by molar-refractivity contribution is 0.607. The Morgan fingerprint density at radius 1 is 0.826 bits per heavy atom. The van der Waals surface area contributed by atoms with Gasteiger partial charge in [0, 0.05) is 5.56 Å². The molecule has 0 spiro atoms. The summed E-state index contributed by atoms with van der Waals surface area (Å²) in [6.07, 6.45) is 9.31. The van der Waals surface area contributed by atoms with Gasteiger partial charge >= 0.3 is 0 Å². The van der Waals surface area contributed by atoms with Crippen LogP contribution in [0.4, 0.5) is 0 Å². The first-order chi connectivity index (χ1) is 11.4. The Labute approximate surface area is 139 Å². The quantitative estimate of drug-likeness (QED) is 0.498. The molecule has 1 aromatic heterocycles. The Kier molecular flexibility index (Phi) is 5.46. The van der Waals surface area contributed by atoms with Gasteiger partial charge in [-0.1, -0.05) is 75.4 Å². The second kappa shape index (κ2) is 7.96. The number of hydrogen-bond donors (Lipinski definition) is 1. The molecule has 0 fully saturated rings. The predicted molar refractivity (Wildman–Crippen MR) is 98.6 cm³/mol. The molecule has 1 heterocycles. The van der Waals surface area contributed by atoms with Crippen LogP contribution in [0.3, 0.4) is 0 Å². The molecule has 2 aromatic carbocycles. The summed E-state index contributed by atoms with van der Waals surface area (Å²) in [5, 5.41) is 0. The van der Waals surface area contributed by atoms with E-state index in [0.717, 1.165) is 22.4 Å². The lowest BCUT2D eigenvalue weighted by Crippen LogP contribution is -1.87. The average molecular weight is 306 g/mol. The molecule has 2 nitrogen and oxygen atoms in total. The van der Waals surface area contributed by atoms with Gasteiger partial charge in [0.05, 0.1) is 11.0 Å². The lowest BCUT2D eigenvalue weighted by atomic mass is 10.0. The molecule has 1 N–H and O–H groups in total. The second-order valence-corrected chi connectivity index (χ2v) is 6.32. The van der Waals surface area contributed by atoms with E-state index in [9.17, 15) is 0 Å². The molecular formula is C21H26N2. The fourth-order valence-corrected chi connectivity index (χ4v) is 3.03. The van der Waals surface area contributed by atoms with Crippen LogP contribution < -0.4 is 0 Å². The molecule has 0 aliphatic rings. The number of hydrogen-bond acceptors (Lipinski definition) is 1.